The van der Waals surface area contributed by atoms with Gasteiger partial charge in [0.2, 0.25) is 5.91 Å². The lowest BCUT2D eigenvalue weighted by molar-refractivity contribution is -0.119. The third-order valence-corrected chi connectivity index (χ3v) is 8.91. The highest BCUT2D eigenvalue weighted by molar-refractivity contribution is 7.99. The molecule has 0 aromatic carbocycles. The Hall–Kier alpha value is -1.38. The monoisotopic (exact) mass is 461 g/mol. The van der Waals surface area contributed by atoms with Gasteiger partial charge in [-0.15, -0.1) is 11.3 Å². The van der Waals surface area contributed by atoms with Crippen molar-refractivity contribution >= 4 is 39.2 Å². The van der Waals surface area contributed by atoms with Crippen LogP contribution >= 0.6 is 23.1 Å². The second kappa shape index (κ2) is 9.63. The van der Waals surface area contributed by atoms with Crippen molar-refractivity contribution in [3.63, 3.8) is 0 Å². The highest BCUT2D eigenvalue weighted by Gasteiger charge is 2.25. The van der Waals surface area contributed by atoms with E-state index in [0.29, 0.717) is 23.5 Å². The van der Waals surface area contributed by atoms with Gasteiger partial charge in [-0.1, -0.05) is 31.0 Å². The molecule has 1 N–H and O–H groups in total. The Kier molecular flexibility index (Phi) is 6.67. The number of nitrogens with zero attached hydrogens (tertiary/aromatic N) is 2. The van der Waals surface area contributed by atoms with Gasteiger partial charge in [0.1, 0.15) is 4.83 Å². The van der Waals surface area contributed by atoms with Crippen LogP contribution in [0.4, 0.5) is 0 Å². The minimum Gasteiger partial charge on any atom is -0.376 e. The largest absolute Gasteiger partial charge is 0.376 e. The molecule has 1 atom stereocenters. The van der Waals surface area contributed by atoms with Crippen LogP contribution < -0.4 is 10.9 Å². The predicted molar refractivity (Wildman–Crippen MR) is 125 cm³/mol. The molecule has 1 aliphatic heterocycles. The number of carbonyl (C=O) groups excluding carboxylic acids is 1. The van der Waals surface area contributed by atoms with Gasteiger partial charge in [-0.05, 0) is 56.9 Å². The van der Waals surface area contributed by atoms with Crippen LogP contribution in [0.3, 0.4) is 0 Å². The van der Waals surface area contributed by atoms with Gasteiger partial charge in [0.25, 0.3) is 5.56 Å². The summed E-state index contributed by atoms with van der Waals surface area (Å²) >= 11 is 3.07. The van der Waals surface area contributed by atoms with E-state index in [1.54, 1.807) is 15.9 Å². The zero-order chi connectivity index (χ0) is 21.2. The summed E-state index contributed by atoms with van der Waals surface area (Å²) in [6.45, 7) is 1.29. The number of nitrogens with one attached hydrogen (secondary N) is 1. The molecule has 0 radical (unpaired) electrons. The summed E-state index contributed by atoms with van der Waals surface area (Å²) in [5, 5.41) is 4.65. The van der Waals surface area contributed by atoms with E-state index in [0.717, 1.165) is 61.8 Å². The summed E-state index contributed by atoms with van der Waals surface area (Å²) in [5.74, 6) is 0.339. The number of hydrogen-bond acceptors (Lipinski definition) is 6. The number of hydrogen-bond donors (Lipinski definition) is 1. The maximum atomic E-state index is 13.6. The standard InChI is InChI=1S/C23H31N3O3S2/c27-19(24-15-7-2-1-3-8-15)14-30-23-25-21-20(17-10-4-5-11-18(17)31-21)22(28)26(23)13-16-9-6-12-29-16/h15-16H,1-14H2,(H,24,27)/t16-/m0/s1. The summed E-state index contributed by atoms with van der Waals surface area (Å²) in [7, 11) is 0. The Morgan fingerprint density at radius 1 is 1.13 bits per heavy atom. The van der Waals surface area contributed by atoms with E-state index in [4.69, 9.17) is 9.72 Å². The van der Waals surface area contributed by atoms with E-state index in [1.807, 2.05) is 0 Å². The van der Waals surface area contributed by atoms with Crippen molar-refractivity contribution in [1.29, 1.82) is 0 Å². The van der Waals surface area contributed by atoms with Crippen molar-refractivity contribution in [2.75, 3.05) is 12.4 Å². The van der Waals surface area contributed by atoms with Gasteiger partial charge < -0.3 is 10.1 Å². The Labute approximate surface area is 191 Å². The van der Waals surface area contributed by atoms with Crippen LogP contribution in [0.2, 0.25) is 0 Å². The number of amides is 1. The second-order valence-electron chi connectivity index (χ2n) is 9.03. The van der Waals surface area contributed by atoms with Gasteiger partial charge in [-0.3, -0.25) is 14.2 Å². The Bertz CT molecular complexity index is 1000. The first kappa shape index (κ1) is 21.5. The average molecular weight is 462 g/mol. The van der Waals surface area contributed by atoms with E-state index >= 15 is 0 Å². The van der Waals surface area contributed by atoms with Gasteiger partial charge in [0, 0.05) is 17.5 Å². The molecular weight excluding hydrogens is 430 g/mol. The fourth-order valence-electron chi connectivity index (χ4n) is 5.13. The number of fused-ring (bicyclic) bond motifs is 3. The number of rotatable bonds is 6. The van der Waals surface area contributed by atoms with Crippen LogP contribution in [-0.2, 0) is 28.9 Å². The number of carbonyl (C=O) groups is 1. The normalized spacial score (nSPS) is 22.0. The van der Waals surface area contributed by atoms with Crippen molar-refractivity contribution in [2.24, 2.45) is 0 Å². The molecule has 0 spiro atoms. The summed E-state index contributed by atoms with van der Waals surface area (Å²) in [6.07, 6.45) is 12.2. The van der Waals surface area contributed by atoms with Crippen molar-refractivity contribution in [3.8, 4) is 0 Å². The van der Waals surface area contributed by atoms with Gasteiger partial charge in [0.15, 0.2) is 5.16 Å². The molecule has 168 valence electrons. The van der Waals surface area contributed by atoms with Crippen LogP contribution in [0.15, 0.2) is 9.95 Å². The highest BCUT2D eigenvalue weighted by atomic mass is 32.2. The van der Waals surface area contributed by atoms with Crippen molar-refractivity contribution < 1.29 is 9.53 Å². The van der Waals surface area contributed by atoms with E-state index in [1.165, 1.54) is 47.9 Å². The SMILES string of the molecule is O=C(CSc1nc2sc3c(c2c(=O)n1C[C@@H]1CCCO1)CCCC3)NC1CCCCC1. The van der Waals surface area contributed by atoms with E-state index in [-0.39, 0.29) is 17.6 Å². The third-order valence-electron chi connectivity index (χ3n) is 6.75. The van der Waals surface area contributed by atoms with E-state index < -0.39 is 0 Å². The zero-order valence-electron chi connectivity index (χ0n) is 18.0. The Morgan fingerprint density at radius 2 is 1.97 bits per heavy atom. The summed E-state index contributed by atoms with van der Waals surface area (Å²) in [5.41, 5.74) is 1.27. The van der Waals surface area contributed by atoms with Crippen LogP contribution in [0.5, 0.6) is 0 Å². The summed E-state index contributed by atoms with van der Waals surface area (Å²) < 4.78 is 7.62. The minimum absolute atomic E-state index is 0.0420. The smallest absolute Gasteiger partial charge is 0.263 e. The maximum Gasteiger partial charge on any atom is 0.263 e. The summed E-state index contributed by atoms with van der Waals surface area (Å²) in [4.78, 5) is 33.3. The highest BCUT2D eigenvalue weighted by Crippen LogP contribution is 2.35. The molecule has 31 heavy (non-hydrogen) atoms. The lowest BCUT2D eigenvalue weighted by atomic mass is 9.95. The van der Waals surface area contributed by atoms with Crippen molar-refractivity contribution in [2.45, 2.75) is 94.5 Å². The van der Waals surface area contributed by atoms with Gasteiger partial charge in [-0.25, -0.2) is 4.98 Å². The Morgan fingerprint density at radius 3 is 2.77 bits per heavy atom. The van der Waals surface area contributed by atoms with E-state index in [9.17, 15) is 9.59 Å². The molecule has 1 amide bonds. The molecule has 6 nitrogen and oxygen atoms in total. The molecule has 0 bridgehead atoms. The van der Waals surface area contributed by atoms with Crippen LogP contribution in [-0.4, -0.2) is 40.0 Å². The molecule has 1 saturated heterocycles. The first-order chi connectivity index (χ1) is 15.2. The zero-order valence-corrected chi connectivity index (χ0v) is 19.6. The quantitative estimate of drug-likeness (QED) is 0.519. The van der Waals surface area contributed by atoms with Crippen molar-refractivity contribution in [1.82, 2.24) is 14.9 Å². The predicted octanol–water partition coefficient (Wildman–Crippen LogP) is 4.06. The van der Waals surface area contributed by atoms with Crippen molar-refractivity contribution in [3.05, 3.63) is 20.8 Å². The topological polar surface area (TPSA) is 73.2 Å². The first-order valence-electron chi connectivity index (χ1n) is 11.8. The van der Waals surface area contributed by atoms with Gasteiger partial charge in [-0.2, -0.15) is 0 Å². The first-order valence-corrected chi connectivity index (χ1v) is 13.6. The fraction of sp³-hybridized carbons (Fsp3) is 0.696. The lowest BCUT2D eigenvalue weighted by Crippen LogP contribution is -2.37. The Balaban J connectivity index is 1.41. The molecule has 2 aromatic rings. The third kappa shape index (κ3) is 4.71. The lowest BCUT2D eigenvalue weighted by Gasteiger charge is -2.22. The van der Waals surface area contributed by atoms with Crippen LogP contribution in [0.1, 0.15) is 68.2 Å². The average Bonchev–Trinajstić information content (AvgIpc) is 3.42. The number of aromatic nitrogens is 2. The van der Waals surface area contributed by atoms with Crippen LogP contribution in [0, 0.1) is 0 Å². The molecule has 2 aliphatic carbocycles. The van der Waals surface area contributed by atoms with E-state index in [2.05, 4.69) is 5.32 Å². The molecule has 0 unspecified atom stereocenters. The molecule has 3 heterocycles. The number of aryl methyl sites for hydroxylation is 2. The number of thiophene rings is 1. The number of thioether (sulfide) groups is 1. The molecule has 1 saturated carbocycles. The van der Waals surface area contributed by atoms with Gasteiger partial charge >= 0.3 is 0 Å². The number of ether oxygens (including phenoxy) is 1. The second-order valence-corrected chi connectivity index (χ2v) is 11.1. The summed E-state index contributed by atoms with van der Waals surface area (Å²) in [6, 6.07) is 0.301. The molecule has 3 aliphatic rings. The molecule has 5 rings (SSSR count). The maximum absolute atomic E-state index is 13.6. The van der Waals surface area contributed by atoms with Gasteiger partial charge in [0.05, 0.1) is 23.8 Å². The fourth-order valence-corrected chi connectivity index (χ4v) is 7.25. The molecule has 8 heteroatoms. The molecular formula is C23H31N3O3S2. The molecule has 2 fully saturated rings. The molecule has 2 aromatic heterocycles. The minimum atomic E-state index is 0.0420. The van der Waals surface area contributed by atoms with Crippen LogP contribution in [0.25, 0.3) is 10.2 Å².